The molecule has 1 fully saturated rings. The highest BCUT2D eigenvalue weighted by Gasteiger charge is 2.26. The largest absolute Gasteiger partial charge is 0.369 e. The van der Waals surface area contributed by atoms with Crippen LogP contribution in [0.4, 0.5) is 5.95 Å². The molecule has 0 amide bonds. The molecule has 6 nitrogen and oxygen atoms in total. The minimum absolute atomic E-state index is 0.252. The zero-order valence-corrected chi connectivity index (χ0v) is 8.56. The third-order valence-corrected chi connectivity index (χ3v) is 2.48. The zero-order valence-electron chi connectivity index (χ0n) is 7.74. The summed E-state index contributed by atoms with van der Waals surface area (Å²) < 4.78 is 0.287. The van der Waals surface area contributed by atoms with Crippen molar-refractivity contribution >= 4 is 18.2 Å². The van der Waals surface area contributed by atoms with Crippen LogP contribution in [0.2, 0.25) is 0 Å². The number of nitrogens with zero attached hydrogens (tertiary/aromatic N) is 2. The molecule has 76 valence electrons. The van der Waals surface area contributed by atoms with Gasteiger partial charge in [0.1, 0.15) is 5.82 Å². The molecule has 5 N–H and O–H groups in total. The highest BCUT2D eigenvalue weighted by molar-refractivity contribution is 7.71. The molecule has 0 bridgehead atoms. The van der Waals surface area contributed by atoms with Crippen LogP contribution in [-0.4, -0.2) is 27.5 Å². The van der Waals surface area contributed by atoms with Gasteiger partial charge in [-0.2, -0.15) is 4.98 Å². The summed E-state index contributed by atoms with van der Waals surface area (Å²) in [6, 6.07) is 0.301. The average molecular weight is 212 g/mol. The van der Waals surface area contributed by atoms with E-state index in [1.165, 1.54) is 0 Å². The lowest BCUT2D eigenvalue weighted by Gasteiger charge is -2.12. The molecule has 1 saturated heterocycles. The van der Waals surface area contributed by atoms with Crippen molar-refractivity contribution in [2.24, 2.45) is 0 Å². The van der Waals surface area contributed by atoms with Crippen LogP contribution < -0.4 is 16.6 Å². The first kappa shape index (κ1) is 9.50. The third-order valence-electron chi connectivity index (χ3n) is 2.29. The third kappa shape index (κ3) is 1.74. The van der Waals surface area contributed by atoms with Crippen molar-refractivity contribution in [3.05, 3.63) is 10.6 Å². The van der Waals surface area contributed by atoms with E-state index >= 15 is 0 Å². The van der Waals surface area contributed by atoms with E-state index in [-0.39, 0.29) is 10.7 Å². The standard InChI is InChI=1S/C7H12N6S/c1-3-4(2-9-13-3)5-10-6(8)12-7(14)11-5/h3-4,9,13H,2H2,1H3,(H3,8,10,11,12,14). The van der Waals surface area contributed by atoms with E-state index in [0.29, 0.717) is 12.0 Å². The molecule has 2 atom stereocenters. The normalized spacial score (nSPS) is 26.6. The number of hydrogen-bond donors (Lipinski definition) is 4. The van der Waals surface area contributed by atoms with Crippen LogP contribution >= 0.6 is 12.2 Å². The van der Waals surface area contributed by atoms with Gasteiger partial charge in [-0.05, 0) is 19.1 Å². The number of aromatic amines is 1. The fraction of sp³-hybridized carbons (Fsp3) is 0.571. The number of hydrogen-bond acceptors (Lipinski definition) is 6. The van der Waals surface area contributed by atoms with Gasteiger partial charge in [0, 0.05) is 18.5 Å². The molecule has 7 heteroatoms. The molecule has 0 radical (unpaired) electrons. The van der Waals surface area contributed by atoms with Gasteiger partial charge in [-0.3, -0.25) is 10.9 Å². The first-order valence-electron chi connectivity index (χ1n) is 4.39. The highest BCUT2D eigenvalue weighted by atomic mass is 32.1. The summed E-state index contributed by atoms with van der Waals surface area (Å²) in [5.41, 5.74) is 11.7. The van der Waals surface area contributed by atoms with E-state index in [4.69, 9.17) is 18.0 Å². The molecule has 1 aliphatic rings. The Morgan fingerprint density at radius 1 is 1.50 bits per heavy atom. The SMILES string of the molecule is CC1NNCC1c1nc(=S)nc(N)[nH]1. The quantitative estimate of drug-likeness (QED) is 0.478. The molecule has 2 rings (SSSR count). The molecule has 2 unspecified atom stereocenters. The lowest BCUT2D eigenvalue weighted by molar-refractivity contribution is 0.555. The topological polar surface area (TPSA) is 91.7 Å². The van der Waals surface area contributed by atoms with Crippen molar-refractivity contribution in [3.63, 3.8) is 0 Å². The summed E-state index contributed by atoms with van der Waals surface area (Å²) in [7, 11) is 0. The number of nitrogens with one attached hydrogen (secondary N) is 3. The maximum Gasteiger partial charge on any atom is 0.224 e. The van der Waals surface area contributed by atoms with Crippen LogP contribution in [0.15, 0.2) is 0 Å². The molecule has 1 aromatic rings. The summed E-state index contributed by atoms with van der Waals surface area (Å²) in [6.07, 6.45) is 0. The van der Waals surface area contributed by atoms with Crippen molar-refractivity contribution in [1.82, 2.24) is 25.8 Å². The van der Waals surface area contributed by atoms with Crippen LogP contribution in [0, 0.1) is 4.77 Å². The predicted octanol–water partition coefficient (Wildman–Crippen LogP) is -0.304. The van der Waals surface area contributed by atoms with Gasteiger partial charge >= 0.3 is 0 Å². The van der Waals surface area contributed by atoms with Crippen molar-refractivity contribution in [1.29, 1.82) is 0 Å². The molecule has 1 aliphatic heterocycles. The summed E-state index contributed by atoms with van der Waals surface area (Å²) in [5, 5.41) is 0. The monoisotopic (exact) mass is 212 g/mol. The van der Waals surface area contributed by atoms with Gasteiger partial charge in [-0.25, -0.2) is 4.98 Å². The summed E-state index contributed by atoms with van der Waals surface area (Å²) in [4.78, 5) is 10.9. The van der Waals surface area contributed by atoms with Crippen LogP contribution in [0.3, 0.4) is 0 Å². The molecule has 0 aliphatic carbocycles. The summed E-state index contributed by atoms with van der Waals surface area (Å²) >= 11 is 4.90. The minimum Gasteiger partial charge on any atom is -0.369 e. The molecule has 2 heterocycles. The molecular formula is C7H12N6S. The van der Waals surface area contributed by atoms with Crippen LogP contribution in [0.1, 0.15) is 18.7 Å². The van der Waals surface area contributed by atoms with Gasteiger partial charge in [0.15, 0.2) is 0 Å². The van der Waals surface area contributed by atoms with Crippen molar-refractivity contribution in [2.75, 3.05) is 12.3 Å². The van der Waals surface area contributed by atoms with E-state index in [2.05, 4.69) is 32.7 Å². The number of H-pyrrole nitrogens is 1. The number of aromatic nitrogens is 3. The van der Waals surface area contributed by atoms with E-state index < -0.39 is 0 Å². The van der Waals surface area contributed by atoms with Gasteiger partial charge in [-0.15, -0.1) is 0 Å². The Morgan fingerprint density at radius 2 is 2.29 bits per heavy atom. The van der Waals surface area contributed by atoms with Gasteiger partial charge in [0.05, 0.1) is 0 Å². The lowest BCUT2D eigenvalue weighted by Crippen LogP contribution is -2.28. The first-order chi connectivity index (χ1) is 6.66. The number of hydrazine groups is 1. The number of nitrogen functional groups attached to an aromatic ring is 1. The highest BCUT2D eigenvalue weighted by Crippen LogP contribution is 2.17. The predicted molar refractivity (Wildman–Crippen MR) is 55.0 cm³/mol. The van der Waals surface area contributed by atoms with Gasteiger partial charge in [0.2, 0.25) is 10.7 Å². The van der Waals surface area contributed by atoms with Gasteiger partial charge in [0.25, 0.3) is 0 Å². The van der Waals surface area contributed by atoms with Crippen LogP contribution in [0.25, 0.3) is 0 Å². The molecule has 1 aromatic heterocycles. The smallest absolute Gasteiger partial charge is 0.224 e. The average Bonchev–Trinajstić information content (AvgIpc) is 2.49. The molecule has 0 saturated carbocycles. The second kappa shape index (κ2) is 3.60. The Kier molecular flexibility index (Phi) is 2.44. The Bertz CT molecular complexity index is 388. The second-order valence-corrected chi connectivity index (χ2v) is 3.69. The maximum absolute atomic E-state index is 5.56. The molecular weight excluding hydrogens is 200 g/mol. The van der Waals surface area contributed by atoms with E-state index in [1.54, 1.807) is 0 Å². The summed E-state index contributed by atoms with van der Waals surface area (Å²) in [5.74, 6) is 1.36. The van der Waals surface area contributed by atoms with E-state index in [9.17, 15) is 0 Å². The number of nitrogens with two attached hydrogens (primary N) is 1. The van der Waals surface area contributed by atoms with Gasteiger partial charge < -0.3 is 10.7 Å². The zero-order chi connectivity index (χ0) is 10.1. The van der Waals surface area contributed by atoms with Crippen LogP contribution in [-0.2, 0) is 0 Å². The Labute approximate surface area is 86.3 Å². The minimum atomic E-state index is 0.252. The Balaban J connectivity index is 2.36. The van der Waals surface area contributed by atoms with E-state index in [0.717, 1.165) is 12.4 Å². The first-order valence-corrected chi connectivity index (χ1v) is 4.80. The van der Waals surface area contributed by atoms with Gasteiger partial charge in [-0.1, -0.05) is 0 Å². The second-order valence-electron chi connectivity index (χ2n) is 3.32. The Morgan fingerprint density at radius 3 is 2.86 bits per heavy atom. The van der Waals surface area contributed by atoms with Crippen molar-refractivity contribution < 1.29 is 0 Å². The van der Waals surface area contributed by atoms with Crippen molar-refractivity contribution in [2.45, 2.75) is 18.9 Å². The molecule has 14 heavy (non-hydrogen) atoms. The lowest BCUT2D eigenvalue weighted by atomic mass is 10.0. The fourth-order valence-electron chi connectivity index (χ4n) is 1.53. The Hall–Kier alpha value is -1.05. The van der Waals surface area contributed by atoms with E-state index in [1.807, 2.05) is 0 Å². The van der Waals surface area contributed by atoms with Crippen molar-refractivity contribution in [3.8, 4) is 0 Å². The molecule has 0 aromatic carbocycles. The number of rotatable bonds is 1. The van der Waals surface area contributed by atoms with Crippen LogP contribution in [0.5, 0.6) is 0 Å². The molecule has 0 spiro atoms. The fourth-order valence-corrected chi connectivity index (χ4v) is 1.73. The maximum atomic E-state index is 5.56. The summed E-state index contributed by atoms with van der Waals surface area (Å²) in [6.45, 7) is 2.88. The number of anilines is 1.